The smallest absolute Gasteiger partial charge is 0.107 e. The third-order valence-corrected chi connectivity index (χ3v) is 4.84. The van der Waals surface area contributed by atoms with E-state index >= 15 is 0 Å². The van der Waals surface area contributed by atoms with Crippen LogP contribution in [0.3, 0.4) is 0 Å². The third-order valence-electron chi connectivity index (χ3n) is 3.94. The Kier molecular flexibility index (Phi) is 4.51. The van der Waals surface area contributed by atoms with Crippen LogP contribution in [0.5, 0.6) is 0 Å². The molecule has 4 heteroatoms. The van der Waals surface area contributed by atoms with Crippen molar-refractivity contribution in [1.29, 1.82) is 0 Å². The molecule has 2 fully saturated rings. The zero-order valence-corrected chi connectivity index (χ0v) is 12.7. The fourth-order valence-corrected chi connectivity index (χ4v) is 3.25. The highest BCUT2D eigenvalue weighted by molar-refractivity contribution is 7.09. The van der Waals surface area contributed by atoms with Gasteiger partial charge in [0.05, 0.1) is 5.69 Å². The third kappa shape index (κ3) is 4.55. The number of hydrogen-bond acceptors (Lipinski definition) is 4. The SMILES string of the molecule is CCNCc1nc(CN(CC2CC2)CC2CC2)cs1. The van der Waals surface area contributed by atoms with E-state index in [1.807, 2.05) is 0 Å². The van der Waals surface area contributed by atoms with Gasteiger partial charge in [-0.2, -0.15) is 0 Å². The van der Waals surface area contributed by atoms with Crippen LogP contribution in [0.2, 0.25) is 0 Å². The normalized spacial score (nSPS) is 19.3. The first kappa shape index (κ1) is 13.5. The lowest BCUT2D eigenvalue weighted by molar-refractivity contribution is 0.242. The zero-order chi connectivity index (χ0) is 13.1. The predicted molar refractivity (Wildman–Crippen MR) is 80.2 cm³/mol. The minimum absolute atomic E-state index is 0.923. The van der Waals surface area contributed by atoms with Gasteiger partial charge in [-0.15, -0.1) is 11.3 Å². The number of nitrogens with one attached hydrogen (secondary N) is 1. The Morgan fingerprint density at radius 2 is 1.95 bits per heavy atom. The Morgan fingerprint density at radius 3 is 2.53 bits per heavy atom. The van der Waals surface area contributed by atoms with Crippen LogP contribution in [0.4, 0.5) is 0 Å². The Balaban J connectivity index is 1.51. The van der Waals surface area contributed by atoms with Crippen molar-refractivity contribution in [2.45, 2.75) is 45.7 Å². The van der Waals surface area contributed by atoms with Crippen molar-refractivity contribution < 1.29 is 0 Å². The van der Waals surface area contributed by atoms with Crippen molar-refractivity contribution in [3.05, 3.63) is 16.1 Å². The lowest BCUT2D eigenvalue weighted by atomic mass is 10.3. The second-order valence-electron chi connectivity index (χ2n) is 6.09. The van der Waals surface area contributed by atoms with Gasteiger partial charge in [0.1, 0.15) is 5.01 Å². The van der Waals surface area contributed by atoms with Crippen molar-refractivity contribution in [2.24, 2.45) is 11.8 Å². The molecule has 19 heavy (non-hydrogen) atoms. The molecule has 0 amide bonds. The lowest BCUT2D eigenvalue weighted by Crippen LogP contribution is -2.28. The first-order valence-electron chi connectivity index (χ1n) is 7.70. The monoisotopic (exact) mass is 279 g/mol. The van der Waals surface area contributed by atoms with Gasteiger partial charge in [0.25, 0.3) is 0 Å². The molecule has 1 N–H and O–H groups in total. The van der Waals surface area contributed by atoms with Crippen LogP contribution in [-0.2, 0) is 13.1 Å². The van der Waals surface area contributed by atoms with E-state index in [-0.39, 0.29) is 0 Å². The molecule has 1 aromatic rings. The summed E-state index contributed by atoms with van der Waals surface area (Å²) in [5.74, 6) is 1.97. The Bertz CT molecular complexity index is 382. The minimum Gasteiger partial charge on any atom is -0.311 e. The summed E-state index contributed by atoms with van der Waals surface area (Å²) in [6.45, 7) is 7.75. The van der Waals surface area contributed by atoms with E-state index in [9.17, 15) is 0 Å². The van der Waals surface area contributed by atoms with Gasteiger partial charge in [0.15, 0.2) is 0 Å². The maximum absolute atomic E-state index is 4.76. The molecule has 0 spiro atoms. The molecule has 2 aliphatic carbocycles. The van der Waals surface area contributed by atoms with E-state index in [4.69, 9.17) is 4.98 Å². The van der Waals surface area contributed by atoms with Crippen LogP contribution in [0.15, 0.2) is 5.38 Å². The number of thiazole rings is 1. The average molecular weight is 279 g/mol. The van der Waals surface area contributed by atoms with Crippen LogP contribution >= 0.6 is 11.3 Å². The van der Waals surface area contributed by atoms with E-state index in [0.717, 1.165) is 31.5 Å². The Labute approximate surface area is 120 Å². The van der Waals surface area contributed by atoms with E-state index in [1.165, 1.54) is 49.5 Å². The average Bonchev–Trinajstić information content (AvgIpc) is 3.31. The van der Waals surface area contributed by atoms with Gasteiger partial charge in [-0.05, 0) is 44.1 Å². The van der Waals surface area contributed by atoms with Crippen LogP contribution in [-0.4, -0.2) is 29.5 Å². The minimum atomic E-state index is 0.923. The standard InChI is InChI=1S/C15H25N3S/c1-2-16-7-15-17-14(11-19-15)10-18(8-12-3-4-12)9-13-5-6-13/h11-13,16H,2-10H2,1H3. The molecular weight excluding hydrogens is 254 g/mol. The number of rotatable bonds is 9. The Hall–Kier alpha value is -0.450. The van der Waals surface area contributed by atoms with Gasteiger partial charge in [-0.3, -0.25) is 4.90 Å². The van der Waals surface area contributed by atoms with Gasteiger partial charge in [-0.1, -0.05) is 6.92 Å². The van der Waals surface area contributed by atoms with Gasteiger partial charge in [0, 0.05) is 31.6 Å². The fraction of sp³-hybridized carbons (Fsp3) is 0.800. The fourth-order valence-electron chi connectivity index (χ4n) is 2.50. The highest BCUT2D eigenvalue weighted by Crippen LogP contribution is 2.34. The molecule has 2 aliphatic rings. The maximum Gasteiger partial charge on any atom is 0.107 e. The zero-order valence-electron chi connectivity index (χ0n) is 11.9. The summed E-state index contributed by atoms with van der Waals surface area (Å²) < 4.78 is 0. The van der Waals surface area contributed by atoms with E-state index in [0.29, 0.717) is 0 Å². The molecule has 0 atom stereocenters. The largest absolute Gasteiger partial charge is 0.311 e. The first-order valence-corrected chi connectivity index (χ1v) is 8.57. The van der Waals surface area contributed by atoms with Gasteiger partial charge in [-0.25, -0.2) is 4.98 Å². The van der Waals surface area contributed by atoms with Crippen LogP contribution in [0, 0.1) is 11.8 Å². The number of hydrogen-bond donors (Lipinski definition) is 1. The van der Waals surface area contributed by atoms with Crippen LogP contribution in [0.25, 0.3) is 0 Å². The molecule has 0 bridgehead atoms. The quantitative estimate of drug-likeness (QED) is 0.753. The summed E-state index contributed by atoms with van der Waals surface area (Å²) in [6.07, 6.45) is 5.79. The summed E-state index contributed by atoms with van der Waals surface area (Å²) in [5, 5.41) is 6.83. The molecule has 106 valence electrons. The molecule has 0 saturated heterocycles. The Morgan fingerprint density at radius 1 is 1.26 bits per heavy atom. The molecule has 0 aliphatic heterocycles. The summed E-state index contributed by atoms with van der Waals surface area (Å²) in [5.41, 5.74) is 1.28. The molecule has 0 unspecified atom stereocenters. The van der Waals surface area contributed by atoms with Crippen molar-refractivity contribution in [3.63, 3.8) is 0 Å². The summed E-state index contributed by atoms with van der Waals surface area (Å²) in [7, 11) is 0. The lowest BCUT2D eigenvalue weighted by Gasteiger charge is -2.20. The predicted octanol–water partition coefficient (Wildman–Crippen LogP) is 2.87. The molecule has 2 saturated carbocycles. The molecule has 1 heterocycles. The first-order chi connectivity index (χ1) is 9.33. The molecule has 0 aromatic carbocycles. The van der Waals surface area contributed by atoms with Gasteiger partial charge >= 0.3 is 0 Å². The number of aromatic nitrogens is 1. The van der Waals surface area contributed by atoms with Crippen molar-refractivity contribution >= 4 is 11.3 Å². The molecule has 0 radical (unpaired) electrons. The van der Waals surface area contributed by atoms with Crippen LogP contribution < -0.4 is 5.32 Å². The van der Waals surface area contributed by atoms with Crippen molar-refractivity contribution in [2.75, 3.05) is 19.6 Å². The van der Waals surface area contributed by atoms with E-state index in [1.54, 1.807) is 11.3 Å². The second-order valence-corrected chi connectivity index (χ2v) is 7.04. The van der Waals surface area contributed by atoms with E-state index in [2.05, 4.69) is 22.5 Å². The summed E-state index contributed by atoms with van der Waals surface area (Å²) >= 11 is 1.80. The molecule has 3 rings (SSSR count). The number of nitrogens with zero attached hydrogens (tertiary/aromatic N) is 2. The van der Waals surface area contributed by atoms with Crippen molar-refractivity contribution in [3.8, 4) is 0 Å². The molecular formula is C15H25N3S. The second kappa shape index (κ2) is 6.33. The van der Waals surface area contributed by atoms with Gasteiger partial charge < -0.3 is 5.32 Å². The topological polar surface area (TPSA) is 28.2 Å². The summed E-state index contributed by atoms with van der Waals surface area (Å²) in [4.78, 5) is 7.41. The highest BCUT2D eigenvalue weighted by Gasteiger charge is 2.29. The van der Waals surface area contributed by atoms with Crippen LogP contribution in [0.1, 0.15) is 43.3 Å². The summed E-state index contributed by atoms with van der Waals surface area (Å²) in [6, 6.07) is 0. The molecule has 1 aromatic heterocycles. The van der Waals surface area contributed by atoms with Crippen molar-refractivity contribution in [1.82, 2.24) is 15.2 Å². The van der Waals surface area contributed by atoms with Gasteiger partial charge in [0.2, 0.25) is 0 Å². The van der Waals surface area contributed by atoms with E-state index < -0.39 is 0 Å². The highest BCUT2D eigenvalue weighted by atomic mass is 32.1. The molecule has 3 nitrogen and oxygen atoms in total. The maximum atomic E-state index is 4.76.